The molecule has 0 saturated carbocycles. The van der Waals surface area contributed by atoms with Gasteiger partial charge in [-0.1, -0.05) is 13.0 Å². The Morgan fingerprint density at radius 2 is 2.36 bits per heavy atom. The molecule has 0 aliphatic carbocycles. The number of carbonyl (C=O) groups is 1. The van der Waals surface area contributed by atoms with Gasteiger partial charge in [-0.3, -0.25) is 4.90 Å². The van der Waals surface area contributed by atoms with E-state index >= 15 is 0 Å². The summed E-state index contributed by atoms with van der Waals surface area (Å²) < 4.78 is 4.68. The summed E-state index contributed by atoms with van der Waals surface area (Å²) in [7, 11) is 1.43. The Morgan fingerprint density at radius 3 is 2.93 bits per heavy atom. The number of methoxy groups -OCH3 is 1. The van der Waals surface area contributed by atoms with Crippen LogP contribution in [0.2, 0.25) is 0 Å². The second-order valence-electron chi connectivity index (χ2n) is 3.29. The number of esters is 1. The maximum absolute atomic E-state index is 11.2. The Morgan fingerprint density at radius 1 is 1.64 bits per heavy atom. The van der Waals surface area contributed by atoms with Gasteiger partial charge in [-0.25, -0.2) is 4.79 Å². The molecule has 0 aromatic rings. The zero-order valence-corrected chi connectivity index (χ0v) is 9.60. The summed E-state index contributed by atoms with van der Waals surface area (Å²) in [5.74, 6) is -0.180. The van der Waals surface area contributed by atoms with Crippen LogP contribution in [-0.4, -0.2) is 37.6 Å². The predicted octanol–water partition coefficient (Wildman–Crippen LogP) is 1.62. The first-order chi connectivity index (χ1) is 6.27. The summed E-state index contributed by atoms with van der Waals surface area (Å²) in [5.41, 5.74) is 0.808. The van der Waals surface area contributed by atoms with Gasteiger partial charge < -0.3 is 4.74 Å². The minimum absolute atomic E-state index is 0. The van der Waals surface area contributed by atoms with Gasteiger partial charge in [-0.05, 0) is 19.4 Å². The predicted molar refractivity (Wildman–Crippen MR) is 58.7 cm³/mol. The molecule has 0 atom stereocenters. The molecule has 0 aromatic heterocycles. The molecule has 1 heterocycles. The Kier molecular flexibility index (Phi) is 6.58. The number of hydrogen-bond acceptors (Lipinski definition) is 3. The van der Waals surface area contributed by atoms with Gasteiger partial charge in [-0.15, -0.1) is 12.4 Å². The molecule has 0 unspecified atom stereocenters. The number of rotatable bonds is 3. The average molecular weight is 220 g/mol. The van der Waals surface area contributed by atoms with Crippen LogP contribution in [0.25, 0.3) is 0 Å². The van der Waals surface area contributed by atoms with E-state index in [1.165, 1.54) is 7.11 Å². The van der Waals surface area contributed by atoms with Crippen molar-refractivity contribution in [2.45, 2.75) is 19.8 Å². The van der Waals surface area contributed by atoms with E-state index in [9.17, 15) is 4.79 Å². The summed E-state index contributed by atoms with van der Waals surface area (Å²) in [5, 5.41) is 0. The lowest BCUT2D eigenvalue weighted by Crippen LogP contribution is -2.33. The fourth-order valence-electron chi connectivity index (χ4n) is 1.59. The van der Waals surface area contributed by atoms with Gasteiger partial charge in [-0.2, -0.15) is 0 Å². The van der Waals surface area contributed by atoms with Crippen molar-refractivity contribution < 1.29 is 9.53 Å². The molecule has 14 heavy (non-hydrogen) atoms. The molecule has 3 nitrogen and oxygen atoms in total. The quantitative estimate of drug-likeness (QED) is 0.676. The molecule has 0 radical (unpaired) electrons. The van der Waals surface area contributed by atoms with Crippen LogP contribution in [0, 0.1) is 0 Å². The van der Waals surface area contributed by atoms with Crippen LogP contribution in [0.5, 0.6) is 0 Å². The molecule has 1 aliphatic heterocycles. The van der Waals surface area contributed by atoms with E-state index in [2.05, 4.69) is 16.6 Å². The third-order valence-corrected chi connectivity index (χ3v) is 2.22. The highest BCUT2D eigenvalue weighted by molar-refractivity contribution is 5.88. The molecule has 82 valence electrons. The molecule has 0 saturated heterocycles. The minimum Gasteiger partial charge on any atom is -0.466 e. The molecule has 0 aromatic carbocycles. The van der Waals surface area contributed by atoms with Crippen molar-refractivity contribution >= 4 is 18.4 Å². The van der Waals surface area contributed by atoms with Crippen molar-refractivity contribution in [3.05, 3.63) is 11.6 Å². The smallest absolute Gasteiger partial charge is 0.334 e. The van der Waals surface area contributed by atoms with Crippen molar-refractivity contribution in [1.82, 2.24) is 4.90 Å². The minimum atomic E-state index is -0.180. The molecule has 0 N–H and O–H groups in total. The summed E-state index contributed by atoms with van der Waals surface area (Å²) in [4.78, 5) is 13.5. The van der Waals surface area contributed by atoms with Crippen LogP contribution in [0.15, 0.2) is 11.6 Å². The number of ether oxygens (including phenoxy) is 1. The Labute approximate surface area is 91.5 Å². The molecular formula is C10H18ClNO2. The van der Waals surface area contributed by atoms with E-state index in [1.807, 2.05) is 6.08 Å². The lowest BCUT2D eigenvalue weighted by atomic mass is 10.1. The maximum Gasteiger partial charge on any atom is 0.334 e. The van der Waals surface area contributed by atoms with Crippen molar-refractivity contribution in [1.29, 1.82) is 0 Å². The first kappa shape index (κ1) is 13.5. The Hall–Kier alpha value is -0.540. The highest BCUT2D eigenvalue weighted by Crippen LogP contribution is 2.10. The monoisotopic (exact) mass is 219 g/mol. The first-order valence-electron chi connectivity index (χ1n) is 4.77. The van der Waals surface area contributed by atoms with Gasteiger partial charge in [0.2, 0.25) is 0 Å². The third-order valence-electron chi connectivity index (χ3n) is 2.22. The number of nitrogens with zero attached hydrogens (tertiary/aromatic N) is 1. The molecule has 0 fully saturated rings. The summed E-state index contributed by atoms with van der Waals surface area (Å²) in [6.45, 7) is 5.03. The van der Waals surface area contributed by atoms with Crippen LogP contribution < -0.4 is 0 Å². The second kappa shape index (κ2) is 6.85. The van der Waals surface area contributed by atoms with Crippen molar-refractivity contribution in [2.75, 3.05) is 26.7 Å². The number of halogens is 1. The van der Waals surface area contributed by atoms with Crippen LogP contribution in [0.1, 0.15) is 19.8 Å². The van der Waals surface area contributed by atoms with Gasteiger partial charge in [0, 0.05) is 18.7 Å². The van der Waals surface area contributed by atoms with Crippen molar-refractivity contribution in [3.63, 3.8) is 0 Å². The zero-order chi connectivity index (χ0) is 9.68. The fourth-order valence-corrected chi connectivity index (χ4v) is 1.59. The van der Waals surface area contributed by atoms with Gasteiger partial charge in [0.25, 0.3) is 0 Å². The Bertz CT molecular complexity index is 216. The summed E-state index contributed by atoms with van der Waals surface area (Å²) >= 11 is 0. The van der Waals surface area contributed by atoms with E-state index in [0.29, 0.717) is 0 Å². The molecule has 1 aliphatic rings. The topological polar surface area (TPSA) is 29.5 Å². The SMILES string of the molecule is CCCN1CCC=C(C(=O)OC)C1.Cl. The standard InChI is InChI=1S/C10H17NO2.ClH/c1-3-6-11-7-4-5-9(8-11)10(12)13-2;/h5H,3-4,6-8H2,1-2H3;1H. The lowest BCUT2D eigenvalue weighted by molar-refractivity contribution is -0.136. The van der Waals surface area contributed by atoms with E-state index in [0.717, 1.165) is 38.0 Å². The van der Waals surface area contributed by atoms with Crippen LogP contribution >= 0.6 is 12.4 Å². The van der Waals surface area contributed by atoms with Gasteiger partial charge in [0.05, 0.1) is 7.11 Å². The molecule has 1 rings (SSSR count). The second-order valence-corrected chi connectivity index (χ2v) is 3.29. The molecule has 0 amide bonds. The van der Waals surface area contributed by atoms with E-state index in [-0.39, 0.29) is 18.4 Å². The largest absolute Gasteiger partial charge is 0.466 e. The summed E-state index contributed by atoms with van der Waals surface area (Å²) in [6.07, 6.45) is 4.08. The van der Waals surface area contributed by atoms with E-state index < -0.39 is 0 Å². The molecule has 4 heteroatoms. The molecular weight excluding hydrogens is 202 g/mol. The van der Waals surface area contributed by atoms with Gasteiger partial charge >= 0.3 is 5.97 Å². The highest BCUT2D eigenvalue weighted by Gasteiger charge is 2.17. The zero-order valence-electron chi connectivity index (χ0n) is 8.78. The van der Waals surface area contributed by atoms with Crippen LogP contribution in [-0.2, 0) is 9.53 Å². The van der Waals surface area contributed by atoms with Crippen molar-refractivity contribution in [2.24, 2.45) is 0 Å². The highest BCUT2D eigenvalue weighted by atomic mass is 35.5. The number of hydrogen-bond donors (Lipinski definition) is 0. The maximum atomic E-state index is 11.2. The average Bonchev–Trinajstić information content (AvgIpc) is 2.18. The van der Waals surface area contributed by atoms with E-state index in [1.54, 1.807) is 0 Å². The number of carbonyl (C=O) groups excluding carboxylic acids is 1. The van der Waals surface area contributed by atoms with Crippen LogP contribution in [0.4, 0.5) is 0 Å². The lowest BCUT2D eigenvalue weighted by Gasteiger charge is -2.25. The molecule has 0 spiro atoms. The van der Waals surface area contributed by atoms with Gasteiger partial charge in [0.15, 0.2) is 0 Å². The Balaban J connectivity index is 0.00000169. The normalized spacial score (nSPS) is 16.9. The fraction of sp³-hybridized carbons (Fsp3) is 0.700. The van der Waals surface area contributed by atoms with Gasteiger partial charge in [0.1, 0.15) is 0 Å². The summed E-state index contributed by atoms with van der Waals surface area (Å²) in [6, 6.07) is 0. The van der Waals surface area contributed by atoms with Crippen LogP contribution in [0.3, 0.4) is 0 Å². The molecule has 0 bridgehead atoms. The van der Waals surface area contributed by atoms with Crippen molar-refractivity contribution in [3.8, 4) is 0 Å². The van der Waals surface area contributed by atoms with E-state index in [4.69, 9.17) is 0 Å². The third kappa shape index (κ3) is 3.68. The first-order valence-corrected chi connectivity index (χ1v) is 4.77.